The SMILES string of the molecule is Fc1ccc(C#CCBr)cc1Cl. The summed E-state index contributed by atoms with van der Waals surface area (Å²) in [6.07, 6.45) is 0. The molecule has 0 bridgehead atoms. The highest BCUT2D eigenvalue weighted by Crippen LogP contribution is 2.15. The highest BCUT2D eigenvalue weighted by Gasteiger charge is 1.97. The number of benzene rings is 1. The molecule has 0 radical (unpaired) electrons. The van der Waals surface area contributed by atoms with E-state index in [0.29, 0.717) is 5.33 Å². The molecule has 0 heterocycles. The largest absolute Gasteiger partial charge is 0.205 e. The summed E-state index contributed by atoms with van der Waals surface area (Å²) in [5.41, 5.74) is 0.723. The summed E-state index contributed by atoms with van der Waals surface area (Å²) in [4.78, 5) is 0. The zero-order valence-electron chi connectivity index (χ0n) is 6.07. The van der Waals surface area contributed by atoms with E-state index in [9.17, 15) is 4.39 Å². The van der Waals surface area contributed by atoms with Crippen molar-refractivity contribution in [1.29, 1.82) is 0 Å². The highest BCUT2D eigenvalue weighted by molar-refractivity contribution is 9.09. The average molecular weight is 247 g/mol. The minimum Gasteiger partial charge on any atom is -0.205 e. The molecule has 0 aliphatic carbocycles. The van der Waals surface area contributed by atoms with Gasteiger partial charge < -0.3 is 0 Å². The fourth-order valence-corrected chi connectivity index (χ4v) is 1.03. The van der Waals surface area contributed by atoms with Crippen LogP contribution >= 0.6 is 27.5 Å². The predicted octanol–water partition coefficient (Wildman–Crippen LogP) is 3.23. The minimum absolute atomic E-state index is 0.108. The van der Waals surface area contributed by atoms with Crippen molar-refractivity contribution in [3.63, 3.8) is 0 Å². The van der Waals surface area contributed by atoms with Crippen molar-refractivity contribution in [2.75, 3.05) is 5.33 Å². The lowest BCUT2D eigenvalue weighted by Gasteiger charge is -1.93. The van der Waals surface area contributed by atoms with Crippen molar-refractivity contribution < 1.29 is 4.39 Å². The maximum atomic E-state index is 12.6. The molecular formula is C9H5BrClF. The Balaban J connectivity index is 2.97. The number of hydrogen-bond donors (Lipinski definition) is 0. The van der Waals surface area contributed by atoms with Crippen LogP contribution < -0.4 is 0 Å². The second-order valence-electron chi connectivity index (χ2n) is 2.06. The molecule has 0 atom stereocenters. The van der Waals surface area contributed by atoms with Crippen molar-refractivity contribution in [2.24, 2.45) is 0 Å². The molecule has 1 rings (SSSR count). The Kier molecular flexibility index (Phi) is 3.58. The van der Waals surface area contributed by atoms with E-state index in [2.05, 4.69) is 27.8 Å². The second-order valence-corrected chi connectivity index (χ2v) is 3.03. The highest BCUT2D eigenvalue weighted by atomic mass is 79.9. The molecule has 0 unspecified atom stereocenters. The van der Waals surface area contributed by atoms with Gasteiger partial charge in [0.25, 0.3) is 0 Å². The van der Waals surface area contributed by atoms with Crippen LogP contribution in [0.25, 0.3) is 0 Å². The van der Waals surface area contributed by atoms with Gasteiger partial charge in [0, 0.05) is 5.56 Å². The van der Waals surface area contributed by atoms with Crippen LogP contribution in [0.1, 0.15) is 5.56 Å². The van der Waals surface area contributed by atoms with Crippen molar-refractivity contribution in [2.45, 2.75) is 0 Å². The molecule has 0 aliphatic heterocycles. The normalized spacial score (nSPS) is 8.92. The summed E-state index contributed by atoms with van der Waals surface area (Å²) < 4.78 is 12.6. The molecule has 1 aromatic carbocycles. The Labute approximate surface area is 83.9 Å². The molecule has 0 saturated carbocycles. The summed E-state index contributed by atoms with van der Waals surface area (Å²) >= 11 is 8.70. The summed E-state index contributed by atoms with van der Waals surface area (Å²) in [6.45, 7) is 0. The van der Waals surface area contributed by atoms with Crippen molar-refractivity contribution in [3.05, 3.63) is 34.6 Å². The van der Waals surface area contributed by atoms with Gasteiger partial charge in [0.1, 0.15) is 5.82 Å². The van der Waals surface area contributed by atoms with E-state index in [1.807, 2.05) is 0 Å². The molecule has 12 heavy (non-hydrogen) atoms. The standard InChI is InChI=1S/C9H5BrClF/c10-5-1-2-7-3-4-9(12)8(11)6-7/h3-4,6H,5H2. The maximum Gasteiger partial charge on any atom is 0.141 e. The third kappa shape index (κ3) is 2.51. The van der Waals surface area contributed by atoms with Gasteiger partial charge in [0.05, 0.1) is 10.4 Å². The van der Waals surface area contributed by atoms with E-state index < -0.39 is 5.82 Å². The van der Waals surface area contributed by atoms with Crippen molar-refractivity contribution in [1.82, 2.24) is 0 Å². The van der Waals surface area contributed by atoms with Crippen LogP contribution in [0.15, 0.2) is 18.2 Å². The fraction of sp³-hybridized carbons (Fsp3) is 0.111. The summed E-state index contributed by atoms with van der Waals surface area (Å²) in [6, 6.07) is 4.41. The third-order valence-electron chi connectivity index (χ3n) is 1.22. The Morgan fingerprint density at radius 3 is 2.83 bits per heavy atom. The first-order valence-electron chi connectivity index (χ1n) is 3.24. The Morgan fingerprint density at radius 2 is 2.25 bits per heavy atom. The number of halogens is 3. The van der Waals surface area contributed by atoms with Gasteiger partial charge in [-0.05, 0) is 18.2 Å². The molecule has 0 aliphatic rings. The molecule has 3 heteroatoms. The lowest BCUT2D eigenvalue weighted by Crippen LogP contribution is -1.79. The molecular weight excluding hydrogens is 242 g/mol. The van der Waals surface area contributed by atoms with E-state index in [4.69, 9.17) is 11.6 Å². The van der Waals surface area contributed by atoms with Crippen LogP contribution in [0.3, 0.4) is 0 Å². The van der Waals surface area contributed by atoms with Crippen LogP contribution in [-0.4, -0.2) is 5.33 Å². The van der Waals surface area contributed by atoms with E-state index in [1.165, 1.54) is 12.1 Å². The Bertz CT molecular complexity index is 338. The van der Waals surface area contributed by atoms with Gasteiger partial charge in [-0.2, -0.15) is 0 Å². The quantitative estimate of drug-likeness (QED) is 0.488. The maximum absolute atomic E-state index is 12.6. The smallest absolute Gasteiger partial charge is 0.141 e. The van der Waals surface area contributed by atoms with Crippen LogP contribution in [0.5, 0.6) is 0 Å². The van der Waals surface area contributed by atoms with Crippen LogP contribution in [0, 0.1) is 17.7 Å². The summed E-state index contributed by atoms with van der Waals surface area (Å²) in [7, 11) is 0. The zero-order valence-corrected chi connectivity index (χ0v) is 8.41. The van der Waals surface area contributed by atoms with Crippen molar-refractivity contribution in [3.8, 4) is 11.8 Å². The van der Waals surface area contributed by atoms with Gasteiger partial charge >= 0.3 is 0 Å². The number of alkyl halides is 1. The second kappa shape index (κ2) is 4.49. The van der Waals surface area contributed by atoms with Crippen LogP contribution in [0.4, 0.5) is 4.39 Å². The predicted molar refractivity (Wildman–Crippen MR) is 52.1 cm³/mol. The van der Waals surface area contributed by atoms with E-state index in [-0.39, 0.29) is 5.02 Å². The molecule has 1 aromatic rings. The van der Waals surface area contributed by atoms with Gasteiger partial charge in [-0.25, -0.2) is 4.39 Å². The third-order valence-corrected chi connectivity index (χ3v) is 1.79. The summed E-state index contributed by atoms with van der Waals surface area (Å²) in [5, 5.41) is 0.707. The number of rotatable bonds is 0. The average Bonchev–Trinajstić information content (AvgIpc) is 2.07. The van der Waals surface area contributed by atoms with Gasteiger partial charge in [-0.15, -0.1) is 0 Å². The first kappa shape index (κ1) is 9.57. The van der Waals surface area contributed by atoms with E-state index in [1.54, 1.807) is 6.07 Å². The van der Waals surface area contributed by atoms with Gasteiger partial charge in [0.15, 0.2) is 0 Å². The van der Waals surface area contributed by atoms with Gasteiger partial charge in [-0.3, -0.25) is 0 Å². The van der Waals surface area contributed by atoms with Crippen LogP contribution in [-0.2, 0) is 0 Å². The lowest BCUT2D eigenvalue weighted by atomic mass is 10.2. The molecule has 0 N–H and O–H groups in total. The van der Waals surface area contributed by atoms with Gasteiger partial charge in [0.2, 0.25) is 0 Å². The molecule has 0 saturated heterocycles. The molecule has 0 spiro atoms. The van der Waals surface area contributed by atoms with Crippen molar-refractivity contribution >= 4 is 27.5 Å². The lowest BCUT2D eigenvalue weighted by molar-refractivity contribution is 0.628. The monoisotopic (exact) mass is 246 g/mol. The van der Waals surface area contributed by atoms with E-state index in [0.717, 1.165) is 5.56 Å². The minimum atomic E-state index is -0.416. The molecule has 0 aromatic heterocycles. The zero-order chi connectivity index (χ0) is 8.97. The number of hydrogen-bond acceptors (Lipinski definition) is 0. The first-order chi connectivity index (χ1) is 5.74. The first-order valence-corrected chi connectivity index (χ1v) is 4.74. The van der Waals surface area contributed by atoms with E-state index >= 15 is 0 Å². The molecule has 0 nitrogen and oxygen atoms in total. The Hall–Kier alpha value is -0.520. The Morgan fingerprint density at radius 1 is 1.50 bits per heavy atom. The summed E-state index contributed by atoms with van der Waals surface area (Å²) in [5.74, 6) is 5.20. The molecule has 0 amide bonds. The van der Waals surface area contributed by atoms with Crippen LogP contribution in [0.2, 0.25) is 5.02 Å². The fourth-order valence-electron chi connectivity index (χ4n) is 0.709. The molecule has 62 valence electrons. The molecule has 0 fully saturated rings. The van der Waals surface area contributed by atoms with Gasteiger partial charge in [-0.1, -0.05) is 39.4 Å². The topological polar surface area (TPSA) is 0 Å².